The maximum atomic E-state index is 13.9. The highest BCUT2D eigenvalue weighted by atomic mass is 19.4. The number of nitrogens with zero attached hydrogens (tertiary/aromatic N) is 3. The number of hydrogen-bond acceptors (Lipinski definition) is 4. The van der Waals surface area contributed by atoms with Gasteiger partial charge in [0.25, 0.3) is 0 Å². The molecule has 2 aromatic carbocycles. The Morgan fingerprint density at radius 1 is 1.11 bits per heavy atom. The molecule has 4 rings (SSSR count). The van der Waals surface area contributed by atoms with Gasteiger partial charge in [-0.25, -0.2) is 9.78 Å². The number of aromatic carboxylic acids is 1. The molecule has 0 saturated heterocycles. The molecule has 0 radical (unpaired) electrons. The summed E-state index contributed by atoms with van der Waals surface area (Å²) in [5.74, 6) is -1.67. The zero-order valence-electron chi connectivity index (χ0n) is 21.4. The van der Waals surface area contributed by atoms with E-state index in [1.54, 1.807) is 13.8 Å². The van der Waals surface area contributed by atoms with Crippen molar-refractivity contribution in [1.82, 2.24) is 9.55 Å². The minimum Gasteiger partial charge on any atom is -0.478 e. The molecule has 1 fully saturated rings. The van der Waals surface area contributed by atoms with Gasteiger partial charge in [0.05, 0.1) is 17.6 Å². The van der Waals surface area contributed by atoms with Crippen molar-refractivity contribution in [3.05, 3.63) is 66.2 Å². The van der Waals surface area contributed by atoms with Crippen LogP contribution in [0.4, 0.5) is 18.9 Å². The number of rotatable bonds is 7. The highest BCUT2D eigenvalue weighted by Gasteiger charge is 2.36. The maximum Gasteiger partial charge on any atom is 0.420 e. The summed E-state index contributed by atoms with van der Waals surface area (Å²) in [4.78, 5) is 31.0. The first kappa shape index (κ1) is 27.2. The van der Waals surface area contributed by atoms with E-state index < -0.39 is 23.5 Å². The molecule has 1 aromatic heterocycles. The molecule has 0 atom stereocenters. The van der Waals surface area contributed by atoms with Crippen LogP contribution in [0.2, 0.25) is 0 Å². The Hall–Kier alpha value is -3.82. The molecular weight excluding hydrogens is 499 g/mol. The molecule has 0 bridgehead atoms. The summed E-state index contributed by atoms with van der Waals surface area (Å²) in [6, 6.07) is 7.22. The van der Waals surface area contributed by atoms with E-state index in [1.165, 1.54) is 52.5 Å². The van der Waals surface area contributed by atoms with Crippen molar-refractivity contribution >= 4 is 17.6 Å². The number of carbonyl (C=O) groups is 2. The smallest absolute Gasteiger partial charge is 0.420 e. The van der Waals surface area contributed by atoms with Crippen LogP contribution in [-0.2, 0) is 11.0 Å². The minimum atomic E-state index is -4.72. The lowest BCUT2D eigenvalue weighted by Gasteiger charge is -2.34. The number of imidazole rings is 1. The molecule has 1 amide bonds. The molecule has 10 heteroatoms. The predicted molar refractivity (Wildman–Crippen MR) is 136 cm³/mol. The topological polar surface area (TPSA) is 84.7 Å². The SMILES string of the molecule is CC(C)N(c1ccc(Oc2ccc(-n3ccnc3)cc2C(F)(F)F)cc1C(=O)O)C(=O)[C@H]1CC[C@H](C)CC1. The molecule has 0 aliphatic heterocycles. The van der Waals surface area contributed by atoms with E-state index in [2.05, 4.69) is 11.9 Å². The number of ether oxygens (including phenoxy) is 1. The van der Waals surface area contributed by atoms with Crippen molar-refractivity contribution in [2.45, 2.75) is 58.7 Å². The molecule has 3 aromatic rings. The Labute approximate surface area is 218 Å². The van der Waals surface area contributed by atoms with E-state index in [9.17, 15) is 27.9 Å². The average molecular weight is 530 g/mol. The van der Waals surface area contributed by atoms with Gasteiger partial charge in [0, 0.05) is 30.0 Å². The lowest BCUT2D eigenvalue weighted by atomic mass is 9.82. The van der Waals surface area contributed by atoms with Crippen LogP contribution >= 0.6 is 0 Å². The normalized spacial score (nSPS) is 17.9. The molecule has 7 nitrogen and oxygen atoms in total. The number of carbonyl (C=O) groups excluding carboxylic acids is 1. The monoisotopic (exact) mass is 529 g/mol. The van der Waals surface area contributed by atoms with Gasteiger partial charge < -0.3 is 19.3 Å². The van der Waals surface area contributed by atoms with Gasteiger partial charge in [-0.3, -0.25) is 4.79 Å². The van der Waals surface area contributed by atoms with Crippen LogP contribution in [0.15, 0.2) is 55.1 Å². The van der Waals surface area contributed by atoms with E-state index in [4.69, 9.17) is 4.74 Å². The first-order chi connectivity index (χ1) is 18.0. The van der Waals surface area contributed by atoms with Gasteiger partial charge >= 0.3 is 12.1 Å². The fraction of sp³-hybridized carbons (Fsp3) is 0.393. The third-order valence-electron chi connectivity index (χ3n) is 6.88. The molecule has 0 spiro atoms. The molecule has 202 valence electrons. The second kappa shape index (κ2) is 10.9. The fourth-order valence-corrected chi connectivity index (χ4v) is 4.84. The molecule has 1 saturated carbocycles. The molecule has 1 aliphatic carbocycles. The Bertz CT molecular complexity index is 1300. The quantitative estimate of drug-likeness (QED) is 0.358. The van der Waals surface area contributed by atoms with E-state index in [0.717, 1.165) is 37.8 Å². The van der Waals surface area contributed by atoms with Crippen molar-refractivity contribution in [1.29, 1.82) is 0 Å². The van der Waals surface area contributed by atoms with Gasteiger partial charge in [0.15, 0.2) is 0 Å². The van der Waals surface area contributed by atoms with Gasteiger partial charge in [-0.2, -0.15) is 13.2 Å². The van der Waals surface area contributed by atoms with Gasteiger partial charge in [-0.15, -0.1) is 0 Å². The number of benzene rings is 2. The largest absolute Gasteiger partial charge is 0.478 e. The van der Waals surface area contributed by atoms with Crippen LogP contribution in [0.3, 0.4) is 0 Å². The minimum absolute atomic E-state index is 0.0883. The number of amides is 1. The first-order valence-electron chi connectivity index (χ1n) is 12.5. The number of halogens is 3. The van der Waals surface area contributed by atoms with Crippen molar-refractivity contribution in [3.8, 4) is 17.2 Å². The molecule has 1 aliphatic rings. The van der Waals surface area contributed by atoms with Gasteiger partial charge in [0.1, 0.15) is 17.1 Å². The van der Waals surface area contributed by atoms with Crippen LogP contribution in [0.5, 0.6) is 11.5 Å². The second-order valence-corrected chi connectivity index (χ2v) is 9.99. The summed E-state index contributed by atoms with van der Waals surface area (Å²) in [5.41, 5.74) is -0.811. The van der Waals surface area contributed by atoms with E-state index in [1.807, 2.05) is 0 Å². The maximum absolute atomic E-state index is 13.9. The molecule has 1 N–H and O–H groups in total. The number of alkyl halides is 3. The highest BCUT2D eigenvalue weighted by Crippen LogP contribution is 2.40. The Morgan fingerprint density at radius 3 is 2.39 bits per heavy atom. The molecular formula is C28H30F3N3O4. The third-order valence-corrected chi connectivity index (χ3v) is 6.88. The first-order valence-corrected chi connectivity index (χ1v) is 12.5. The standard InChI is InChI=1S/C28H30F3N3O4/c1-17(2)34(26(35)19-6-4-18(3)5-7-19)24-10-9-21(15-22(24)27(36)37)38-25-11-8-20(33-13-12-32-16-33)14-23(25)28(29,30)31/h8-19H,4-7H2,1-3H3,(H,36,37)/t18-,19-. The Morgan fingerprint density at radius 2 is 1.82 bits per heavy atom. The van der Waals surface area contributed by atoms with Crippen molar-refractivity contribution < 1.29 is 32.6 Å². The summed E-state index contributed by atoms with van der Waals surface area (Å²) in [6.07, 6.45) is 2.97. The van der Waals surface area contributed by atoms with Crippen molar-refractivity contribution in [2.75, 3.05) is 4.90 Å². The van der Waals surface area contributed by atoms with Crippen LogP contribution in [0, 0.1) is 11.8 Å². The number of anilines is 1. The summed E-state index contributed by atoms with van der Waals surface area (Å²) in [5, 5.41) is 9.96. The van der Waals surface area contributed by atoms with E-state index in [0.29, 0.717) is 5.92 Å². The van der Waals surface area contributed by atoms with Gasteiger partial charge in [-0.05, 0) is 81.8 Å². The van der Waals surface area contributed by atoms with Gasteiger partial charge in [-0.1, -0.05) is 6.92 Å². The molecule has 38 heavy (non-hydrogen) atoms. The summed E-state index contributed by atoms with van der Waals surface area (Å²) >= 11 is 0. The summed E-state index contributed by atoms with van der Waals surface area (Å²) < 4.78 is 48.7. The number of carboxylic acids is 1. The van der Waals surface area contributed by atoms with E-state index >= 15 is 0 Å². The van der Waals surface area contributed by atoms with Crippen LogP contribution in [0.25, 0.3) is 5.69 Å². The average Bonchev–Trinajstić information content (AvgIpc) is 3.39. The zero-order valence-corrected chi connectivity index (χ0v) is 21.4. The van der Waals surface area contributed by atoms with Crippen molar-refractivity contribution in [2.24, 2.45) is 11.8 Å². The number of carboxylic acid groups (broad SMARTS) is 1. The predicted octanol–water partition coefficient (Wildman–Crippen LogP) is 6.95. The summed E-state index contributed by atoms with van der Waals surface area (Å²) in [7, 11) is 0. The third kappa shape index (κ3) is 5.84. The Balaban J connectivity index is 1.68. The van der Waals surface area contributed by atoms with Crippen LogP contribution in [0.1, 0.15) is 62.4 Å². The zero-order chi connectivity index (χ0) is 27.6. The fourth-order valence-electron chi connectivity index (χ4n) is 4.84. The van der Waals surface area contributed by atoms with E-state index in [-0.39, 0.29) is 40.6 Å². The van der Waals surface area contributed by atoms with Gasteiger partial charge in [0.2, 0.25) is 5.91 Å². The lowest BCUT2D eigenvalue weighted by molar-refractivity contribution is -0.138. The number of aromatic nitrogens is 2. The Kier molecular flexibility index (Phi) is 7.80. The molecule has 0 unspecified atom stereocenters. The van der Waals surface area contributed by atoms with Crippen LogP contribution in [-0.4, -0.2) is 32.6 Å². The van der Waals surface area contributed by atoms with Crippen molar-refractivity contribution in [3.63, 3.8) is 0 Å². The lowest BCUT2D eigenvalue weighted by Crippen LogP contribution is -2.42. The van der Waals surface area contributed by atoms with Crippen LogP contribution < -0.4 is 9.64 Å². The summed E-state index contributed by atoms with van der Waals surface area (Å²) in [6.45, 7) is 5.76. The molecule has 1 heterocycles. The highest BCUT2D eigenvalue weighted by molar-refractivity contribution is 6.03. The second-order valence-electron chi connectivity index (χ2n) is 9.99. The number of hydrogen-bond donors (Lipinski definition) is 1.